The van der Waals surface area contributed by atoms with Crippen LogP contribution in [0.2, 0.25) is 0 Å². The molecule has 0 aromatic rings. The SMILES string of the molecule is CCC(C)CCCCCCCCCCC(=O)O[C@H](COC(=O)CCCCCCCCC(C)CC)COP(=O)(O)OC[C@H](O)COP(=O)(O)OC[C@@H](COC(=O)CCCCCCCCCCCCCCCCCC(C)C)OC(=O)CCCCCCCCCCCCC(C)C. The Morgan fingerprint density at radius 3 is 0.763 bits per heavy atom. The lowest BCUT2D eigenvalue weighted by atomic mass is 9.99. The zero-order chi connectivity index (χ0) is 68.9. The third kappa shape index (κ3) is 65.8. The van der Waals surface area contributed by atoms with E-state index in [1.807, 2.05) is 0 Å². The summed E-state index contributed by atoms with van der Waals surface area (Å²) < 4.78 is 68.4. The van der Waals surface area contributed by atoms with E-state index in [9.17, 15) is 43.2 Å². The van der Waals surface area contributed by atoms with E-state index in [2.05, 4.69) is 55.4 Å². The summed E-state index contributed by atoms with van der Waals surface area (Å²) in [6, 6.07) is 0. The maximum atomic E-state index is 13.1. The molecule has 0 aliphatic rings. The Kier molecular flexibility index (Phi) is 62.2. The monoisotopic (exact) mass is 1370 g/mol. The van der Waals surface area contributed by atoms with Crippen LogP contribution in [-0.4, -0.2) is 96.7 Å². The van der Waals surface area contributed by atoms with Crippen molar-refractivity contribution in [3.8, 4) is 0 Å². The molecule has 17 nitrogen and oxygen atoms in total. The molecule has 0 saturated heterocycles. The second-order valence-electron chi connectivity index (χ2n) is 28.1. The van der Waals surface area contributed by atoms with Crippen molar-refractivity contribution in [2.24, 2.45) is 23.7 Å². The molecule has 0 amide bonds. The molecular weight excluding hydrogens is 1220 g/mol. The van der Waals surface area contributed by atoms with Crippen LogP contribution in [0.5, 0.6) is 0 Å². The Morgan fingerprint density at radius 1 is 0.301 bits per heavy atom. The lowest BCUT2D eigenvalue weighted by Crippen LogP contribution is -2.30. The normalized spacial score (nSPS) is 14.8. The van der Waals surface area contributed by atoms with E-state index >= 15 is 0 Å². The third-order valence-corrected chi connectivity index (χ3v) is 19.7. The van der Waals surface area contributed by atoms with Crippen LogP contribution in [0.4, 0.5) is 0 Å². The Labute approximate surface area is 568 Å². The van der Waals surface area contributed by atoms with Crippen LogP contribution in [0, 0.1) is 23.7 Å². The molecule has 19 heteroatoms. The molecule has 0 rings (SSSR count). The molecule has 0 bridgehead atoms. The fourth-order valence-corrected chi connectivity index (χ4v) is 12.7. The number of unbranched alkanes of at least 4 members (excludes halogenated alkanes) is 35. The number of phosphoric ester groups is 2. The van der Waals surface area contributed by atoms with Crippen molar-refractivity contribution in [3.05, 3.63) is 0 Å². The molecule has 0 radical (unpaired) electrons. The van der Waals surface area contributed by atoms with Crippen molar-refractivity contribution >= 4 is 39.5 Å². The van der Waals surface area contributed by atoms with Gasteiger partial charge in [-0.15, -0.1) is 0 Å². The Balaban J connectivity index is 5.24. The highest BCUT2D eigenvalue weighted by molar-refractivity contribution is 7.47. The Hall–Kier alpha value is -1.94. The summed E-state index contributed by atoms with van der Waals surface area (Å²) in [5.41, 5.74) is 0. The van der Waals surface area contributed by atoms with E-state index in [4.69, 9.17) is 37.0 Å². The molecule has 552 valence electrons. The van der Waals surface area contributed by atoms with Crippen molar-refractivity contribution in [3.63, 3.8) is 0 Å². The maximum Gasteiger partial charge on any atom is 0.472 e. The van der Waals surface area contributed by atoms with Crippen molar-refractivity contribution < 1.29 is 80.2 Å². The van der Waals surface area contributed by atoms with Gasteiger partial charge in [0.2, 0.25) is 0 Å². The standard InChI is InChI=1S/C74H144O17P2/c1-9-66(7)52-44-36-28-24-25-31-41-49-57-74(79)91-70(61-85-72(77)55-47-39-33-32-37-45-53-67(8)10-2)63-89-93(82,83)87-59-68(75)58-86-92(80,81)88-62-69(90-73(78)56-48-40-30-23-19-18-21-27-35-43-51-65(5)6)60-84-71(76)54-46-38-29-22-17-15-13-11-12-14-16-20-26-34-42-50-64(3)4/h64-70,75H,9-63H2,1-8H3,(H,80,81)(H,82,83)/t66?,67?,68-,69-,70-/m1/s1. The number of rotatable bonds is 71. The topological polar surface area (TPSA) is 237 Å². The minimum atomic E-state index is -4.96. The number of aliphatic hydroxyl groups excluding tert-OH is 1. The molecule has 0 saturated carbocycles. The van der Waals surface area contributed by atoms with Crippen LogP contribution < -0.4 is 0 Å². The first-order valence-electron chi connectivity index (χ1n) is 38.3. The minimum absolute atomic E-state index is 0.104. The van der Waals surface area contributed by atoms with E-state index in [1.54, 1.807) is 0 Å². The number of ether oxygens (including phenoxy) is 4. The minimum Gasteiger partial charge on any atom is -0.462 e. The maximum absolute atomic E-state index is 13.1. The zero-order valence-corrected chi connectivity index (χ0v) is 62.7. The average Bonchev–Trinajstić information content (AvgIpc) is 3.74. The van der Waals surface area contributed by atoms with Gasteiger partial charge in [0.25, 0.3) is 0 Å². The summed E-state index contributed by atoms with van der Waals surface area (Å²) in [7, 11) is -9.91. The van der Waals surface area contributed by atoms with Gasteiger partial charge in [-0.3, -0.25) is 37.3 Å². The van der Waals surface area contributed by atoms with Gasteiger partial charge in [0.15, 0.2) is 12.2 Å². The van der Waals surface area contributed by atoms with Gasteiger partial charge in [-0.05, 0) is 49.4 Å². The molecule has 0 aromatic heterocycles. The molecule has 0 heterocycles. The number of carbonyl (C=O) groups excluding carboxylic acids is 4. The van der Waals surface area contributed by atoms with Gasteiger partial charge in [-0.1, -0.05) is 319 Å². The number of aliphatic hydroxyl groups is 1. The number of hydrogen-bond acceptors (Lipinski definition) is 15. The third-order valence-electron chi connectivity index (χ3n) is 17.8. The smallest absolute Gasteiger partial charge is 0.462 e. The van der Waals surface area contributed by atoms with E-state index in [1.165, 1.54) is 167 Å². The summed E-state index contributed by atoms with van der Waals surface area (Å²) in [5, 5.41) is 10.6. The predicted octanol–water partition coefficient (Wildman–Crippen LogP) is 21.3. The van der Waals surface area contributed by atoms with Gasteiger partial charge in [-0.25, -0.2) is 9.13 Å². The molecule has 0 aromatic carbocycles. The molecule has 0 spiro atoms. The largest absolute Gasteiger partial charge is 0.472 e. The van der Waals surface area contributed by atoms with Gasteiger partial charge >= 0.3 is 39.5 Å². The first-order valence-corrected chi connectivity index (χ1v) is 41.3. The highest BCUT2D eigenvalue weighted by Gasteiger charge is 2.30. The highest BCUT2D eigenvalue weighted by atomic mass is 31.2. The lowest BCUT2D eigenvalue weighted by Gasteiger charge is -2.21. The summed E-state index contributed by atoms with van der Waals surface area (Å²) in [6.45, 7) is 14.2. The van der Waals surface area contributed by atoms with Crippen molar-refractivity contribution in [2.45, 2.75) is 388 Å². The molecule has 0 aliphatic heterocycles. The quantitative estimate of drug-likeness (QED) is 0.0222. The van der Waals surface area contributed by atoms with Crippen LogP contribution in [0.25, 0.3) is 0 Å². The molecule has 0 aliphatic carbocycles. The molecule has 7 atom stereocenters. The van der Waals surface area contributed by atoms with Gasteiger partial charge in [0.1, 0.15) is 19.3 Å². The summed E-state index contributed by atoms with van der Waals surface area (Å²) in [4.78, 5) is 72.7. The predicted molar refractivity (Wildman–Crippen MR) is 377 cm³/mol. The molecule has 93 heavy (non-hydrogen) atoms. The van der Waals surface area contributed by atoms with Gasteiger partial charge < -0.3 is 33.8 Å². The van der Waals surface area contributed by atoms with Crippen LogP contribution in [0.1, 0.15) is 370 Å². The fourth-order valence-electron chi connectivity index (χ4n) is 11.1. The number of hydrogen-bond donors (Lipinski definition) is 3. The molecule has 0 fully saturated rings. The van der Waals surface area contributed by atoms with Crippen molar-refractivity contribution in [1.29, 1.82) is 0 Å². The van der Waals surface area contributed by atoms with Gasteiger partial charge in [0.05, 0.1) is 26.4 Å². The molecule has 4 unspecified atom stereocenters. The van der Waals surface area contributed by atoms with Crippen LogP contribution >= 0.6 is 15.6 Å². The van der Waals surface area contributed by atoms with Crippen LogP contribution in [0.3, 0.4) is 0 Å². The van der Waals surface area contributed by atoms with Crippen molar-refractivity contribution in [1.82, 2.24) is 0 Å². The van der Waals surface area contributed by atoms with Crippen molar-refractivity contribution in [2.75, 3.05) is 39.6 Å². The Morgan fingerprint density at radius 2 is 0.516 bits per heavy atom. The second-order valence-corrected chi connectivity index (χ2v) is 31.0. The van der Waals surface area contributed by atoms with E-state index < -0.39 is 97.5 Å². The molecular formula is C74H144O17P2. The van der Waals surface area contributed by atoms with Gasteiger partial charge in [0, 0.05) is 25.7 Å². The fraction of sp³-hybridized carbons (Fsp3) is 0.946. The van der Waals surface area contributed by atoms with E-state index in [0.717, 1.165) is 120 Å². The van der Waals surface area contributed by atoms with Crippen LogP contribution in [-0.2, 0) is 65.4 Å². The first kappa shape index (κ1) is 91.1. The van der Waals surface area contributed by atoms with E-state index in [-0.39, 0.29) is 25.7 Å². The van der Waals surface area contributed by atoms with E-state index in [0.29, 0.717) is 25.7 Å². The summed E-state index contributed by atoms with van der Waals surface area (Å²) >= 11 is 0. The average molecular weight is 1370 g/mol. The zero-order valence-electron chi connectivity index (χ0n) is 60.9. The Bertz CT molecular complexity index is 1840. The number of carbonyl (C=O) groups is 4. The number of esters is 4. The second kappa shape index (κ2) is 63.5. The molecule has 3 N–H and O–H groups in total. The van der Waals surface area contributed by atoms with Gasteiger partial charge in [-0.2, -0.15) is 0 Å². The first-order chi connectivity index (χ1) is 44.7. The van der Waals surface area contributed by atoms with Crippen LogP contribution in [0.15, 0.2) is 0 Å². The highest BCUT2D eigenvalue weighted by Crippen LogP contribution is 2.45. The summed E-state index contributed by atoms with van der Waals surface area (Å²) in [6.07, 6.45) is 47.2. The lowest BCUT2D eigenvalue weighted by molar-refractivity contribution is -0.161. The number of phosphoric acid groups is 2. The summed E-state index contributed by atoms with van der Waals surface area (Å²) in [5.74, 6) is 0.933.